The Hall–Kier alpha value is -3.58. The highest BCUT2D eigenvalue weighted by Gasteiger charge is 2.39. The van der Waals surface area contributed by atoms with E-state index in [1.807, 2.05) is 0 Å². The lowest BCUT2D eigenvalue weighted by molar-refractivity contribution is -0.122. The van der Waals surface area contributed by atoms with Gasteiger partial charge in [0.15, 0.2) is 5.76 Å². The summed E-state index contributed by atoms with van der Waals surface area (Å²) in [6.07, 6.45) is 1.15. The zero-order valence-corrected chi connectivity index (χ0v) is 15.8. The van der Waals surface area contributed by atoms with E-state index in [0.29, 0.717) is 22.1 Å². The minimum Gasteiger partial charge on any atom is -0.459 e. The van der Waals surface area contributed by atoms with Crippen LogP contribution in [0.4, 0.5) is 17.1 Å². The molecule has 29 heavy (non-hydrogen) atoms. The van der Waals surface area contributed by atoms with Gasteiger partial charge >= 0.3 is 0 Å². The number of amides is 3. The number of halogens is 1. The van der Waals surface area contributed by atoms with Gasteiger partial charge < -0.3 is 15.1 Å². The molecule has 1 aromatic heterocycles. The Morgan fingerprint density at radius 3 is 2.55 bits per heavy atom. The standard InChI is InChI=1S/C21H16ClN3O4/c22-13-7-9-14(10-8-13)23-19(26)12-17-20(27)24-15-4-1-2-5-16(15)25(17)21(28)18-6-3-11-29-18/h1-11,17H,12H2,(H,23,26)(H,24,27). The van der Waals surface area contributed by atoms with Crippen LogP contribution in [-0.2, 0) is 9.59 Å². The summed E-state index contributed by atoms with van der Waals surface area (Å²) in [5, 5.41) is 6.02. The summed E-state index contributed by atoms with van der Waals surface area (Å²) in [7, 11) is 0. The first-order valence-corrected chi connectivity index (χ1v) is 9.23. The lowest BCUT2D eigenvalue weighted by Gasteiger charge is -2.35. The molecule has 1 atom stereocenters. The molecule has 7 nitrogen and oxygen atoms in total. The Morgan fingerprint density at radius 2 is 1.83 bits per heavy atom. The Balaban J connectivity index is 1.62. The molecule has 0 spiro atoms. The molecule has 8 heteroatoms. The first-order chi connectivity index (χ1) is 14.0. The number of nitrogens with zero attached hydrogens (tertiary/aromatic N) is 1. The molecule has 2 heterocycles. The average molecular weight is 410 g/mol. The number of benzene rings is 2. The van der Waals surface area contributed by atoms with E-state index < -0.39 is 23.8 Å². The molecule has 1 aliphatic heterocycles. The van der Waals surface area contributed by atoms with E-state index in [2.05, 4.69) is 10.6 Å². The first kappa shape index (κ1) is 18.8. The highest BCUT2D eigenvalue weighted by Crippen LogP contribution is 2.34. The van der Waals surface area contributed by atoms with Crippen LogP contribution < -0.4 is 15.5 Å². The Kier molecular flexibility index (Phi) is 5.05. The molecule has 1 unspecified atom stereocenters. The number of carbonyl (C=O) groups is 3. The lowest BCUT2D eigenvalue weighted by atomic mass is 10.0. The SMILES string of the molecule is O=C(CC1C(=O)Nc2ccccc2N1C(=O)c1ccco1)Nc1ccc(Cl)cc1. The second-order valence-electron chi connectivity index (χ2n) is 6.43. The minimum atomic E-state index is -1.03. The molecule has 2 N–H and O–H groups in total. The molecule has 146 valence electrons. The van der Waals surface area contributed by atoms with Gasteiger partial charge in [0.25, 0.3) is 5.91 Å². The molecular formula is C21H16ClN3O4. The average Bonchev–Trinajstić information content (AvgIpc) is 3.25. The summed E-state index contributed by atoms with van der Waals surface area (Å²) in [6, 6.07) is 15.6. The number of fused-ring (bicyclic) bond motifs is 1. The molecule has 3 amide bonds. The number of hydrogen-bond donors (Lipinski definition) is 2. The van der Waals surface area contributed by atoms with Gasteiger partial charge in [0.05, 0.1) is 24.1 Å². The maximum atomic E-state index is 13.1. The van der Waals surface area contributed by atoms with Crippen LogP contribution in [0.1, 0.15) is 17.0 Å². The topological polar surface area (TPSA) is 91.7 Å². The van der Waals surface area contributed by atoms with Gasteiger partial charge in [-0.3, -0.25) is 19.3 Å². The van der Waals surface area contributed by atoms with Crippen molar-refractivity contribution in [2.75, 3.05) is 15.5 Å². The van der Waals surface area contributed by atoms with Crippen LogP contribution in [-0.4, -0.2) is 23.8 Å². The number of hydrogen-bond acceptors (Lipinski definition) is 4. The van der Waals surface area contributed by atoms with Crippen molar-refractivity contribution in [1.82, 2.24) is 0 Å². The number of nitrogens with one attached hydrogen (secondary N) is 2. The third-order valence-electron chi connectivity index (χ3n) is 4.49. The van der Waals surface area contributed by atoms with Crippen molar-refractivity contribution >= 4 is 46.4 Å². The van der Waals surface area contributed by atoms with Gasteiger partial charge in [0, 0.05) is 10.7 Å². The maximum Gasteiger partial charge on any atom is 0.294 e. The van der Waals surface area contributed by atoms with E-state index >= 15 is 0 Å². The van der Waals surface area contributed by atoms with Crippen LogP contribution >= 0.6 is 11.6 Å². The summed E-state index contributed by atoms with van der Waals surface area (Å²) < 4.78 is 5.22. The molecule has 3 aromatic rings. The van der Waals surface area contributed by atoms with Crippen LogP contribution in [0.15, 0.2) is 71.3 Å². The number of carbonyl (C=O) groups excluding carboxylic acids is 3. The van der Waals surface area contributed by atoms with Crippen LogP contribution in [0.25, 0.3) is 0 Å². The van der Waals surface area contributed by atoms with Gasteiger partial charge in [-0.25, -0.2) is 0 Å². The first-order valence-electron chi connectivity index (χ1n) is 8.85. The van der Waals surface area contributed by atoms with Crippen molar-refractivity contribution in [3.8, 4) is 0 Å². The fraction of sp³-hybridized carbons (Fsp3) is 0.0952. The normalized spacial score (nSPS) is 15.4. The van der Waals surface area contributed by atoms with Gasteiger partial charge in [-0.2, -0.15) is 0 Å². The summed E-state index contributed by atoms with van der Waals surface area (Å²) >= 11 is 5.85. The molecule has 0 radical (unpaired) electrons. The second kappa shape index (κ2) is 7.81. The van der Waals surface area contributed by atoms with Crippen LogP contribution in [0.5, 0.6) is 0 Å². The maximum absolute atomic E-state index is 13.1. The van der Waals surface area contributed by atoms with Crippen molar-refractivity contribution < 1.29 is 18.8 Å². The molecule has 0 saturated carbocycles. The second-order valence-corrected chi connectivity index (χ2v) is 6.87. The quantitative estimate of drug-likeness (QED) is 0.683. The lowest BCUT2D eigenvalue weighted by Crippen LogP contribution is -2.52. The molecule has 0 aliphatic carbocycles. The minimum absolute atomic E-state index is 0.0811. The van der Waals surface area contributed by atoms with E-state index in [0.717, 1.165) is 0 Å². The third-order valence-corrected chi connectivity index (χ3v) is 4.75. The molecule has 2 aromatic carbocycles. The Labute approximate surface area is 171 Å². The molecule has 0 saturated heterocycles. The molecule has 0 bridgehead atoms. The molecular weight excluding hydrogens is 394 g/mol. The molecule has 4 rings (SSSR count). The van der Waals surface area contributed by atoms with E-state index in [-0.39, 0.29) is 12.2 Å². The fourth-order valence-electron chi connectivity index (χ4n) is 3.17. The largest absolute Gasteiger partial charge is 0.459 e. The number of anilines is 3. The Morgan fingerprint density at radius 1 is 1.07 bits per heavy atom. The van der Waals surface area contributed by atoms with Crippen molar-refractivity contribution in [1.29, 1.82) is 0 Å². The highest BCUT2D eigenvalue weighted by atomic mass is 35.5. The van der Waals surface area contributed by atoms with Crippen LogP contribution in [0.2, 0.25) is 5.02 Å². The molecule has 1 aliphatic rings. The van der Waals surface area contributed by atoms with Crippen molar-refractivity contribution in [3.63, 3.8) is 0 Å². The van der Waals surface area contributed by atoms with E-state index in [9.17, 15) is 14.4 Å². The third kappa shape index (κ3) is 3.86. The van der Waals surface area contributed by atoms with Crippen molar-refractivity contribution in [2.24, 2.45) is 0 Å². The van der Waals surface area contributed by atoms with Crippen molar-refractivity contribution in [2.45, 2.75) is 12.5 Å². The zero-order valence-electron chi connectivity index (χ0n) is 15.1. The van der Waals surface area contributed by atoms with Gasteiger partial charge in [-0.15, -0.1) is 0 Å². The predicted molar refractivity (Wildman–Crippen MR) is 109 cm³/mol. The smallest absolute Gasteiger partial charge is 0.294 e. The molecule has 0 fully saturated rings. The number of para-hydroxylation sites is 2. The van der Waals surface area contributed by atoms with Crippen LogP contribution in [0.3, 0.4) is 0 Å². The summed E-state index contributed by atoms with van der Waals surface area (Å²) in [5.74, 6) is -1.28. The summed E-state index contributed by atoms with van der Waals surface area (Å²) in [5.41, 5.74) is 1.53. The zero-order chi connectivity index (χ0) is 20.4. The summed E-state index contributed by atoms with van der Waals surface area (Å²) in [6.45, 7) is 0. The Bertz CT molecular complexity index is 1060. The van der Waals surface area contributed by atoms with Gasteiger partial charge in [0.2, 0.25) is 11.8 Å². The van der Waals surface area contributed by atoms with E-state index in [1.54, 1.807) is 54.6 Å². The van der Waals surface area contributed by atoms with Crippen LogP contribution in [0, 0.1) is 0 Å². The monoisotopic (exact) mass is 409 g/mol. The van der Waals surface area contributed by atoms with E-state index in [1.165, 1.54) is 17.2 Å². The van der Waals surface area contributed by atoms with Crippen molar-refractivity contribution in [3.05, 3.63) is 77.7 Å². The number of furan rings is 1. The summed E-state index contributed by atoms with van der Waals surface area (Å²) in [4.78, 5) is 39.7. The van der Waals surface area contributed by atoms with Gasteiger partial charge in [0.1, 0.15) is 6.04 Å². The van der Waals surface area contributed by atoms with E-state index in [4.69, 9.17) is 16.0 Å². The van der Waals surface area contributed by atoms with Gasteiger partial charge in [-0.1, -0.05) is 23.7 Å². The van der Waals surface area contributed by atoms with Gasteiger partial charge in [-0.05, 0) is 48.5 Å². The fourth-order valence-corrected chi connectivity index (χ4v) is 3.29. The predicted octanol–water partition coefficient (Wildman–Crippen LogP) is 3.93. The highest BCUT2D eigenvalue weighted by molar-refractivity contribution is 6.30. The number of rotatable bonds is 4.